The Morgan fingerprint density at radius 3 is 2.00 bits per heavy atom. The molecule has 0 saturated carbocycles. The normalized spacial score (nSPS) is 13.1. The Labute approximate surface area is 115 Å². The molecule has 0 N–H and O–H groups in total. The molecule has 1 unspecified atom stereocenters. The Bertz CT molecular complexity index is 315. The molecule has 5 nitrogen and oxygen atoms in total. The molecule has 0 heterocycles. The van der Waals surface area contributed by atoms with Crippen molar-refractivity contribution in [2.75, 3.05) is 6.61 Å². The fourth-order valence-corrected chi connectivity index (χ4v) is 1.80. The number of esters is 1. The smallest absolute Gasteiger partial charge is 0.333 e. The second kappa shape index (κ2) is 8.69. The molecule has 1 atom stereocenters. The van der Waals surface area contributed by atoms with E-state index in [1.807, 2.05) is 34.6 Å². The number of hydrogen-bond acceptors (Lipinski definition) is 4. The van der Waals surface area contributed by atoms with Gasteiger partial charge in [-0.3, -0.25) is 4.79 Å². The average Bonchev–Trinajstić information content (AvgIpc) is 2.25. The van der Waals surface area contributed by atoms with E-state index in [-0.39, 0.29) is 18.0 Å². The van der Waals surface area contributed by atoms with Crippen molar-refractivity contribution in [2.45, 2.75) is 59.9 Å². The molecule has 0 bridgehead atoms. The van der Waals surface area contributed by atoms with Crippen LogP contribution >= 0.6 is 0 Å². The van der Waals surface area contributed by atoms with Gasteiger partial charge in [-0.15, -0.1) is 0 Å². The summed E-state index contributed by atoms with van der Waals surface area (Å²) >= 11 is 0. The first-order valence-electron chi connectivity index (χ1n) is 6.62. The molecule has 0 fully saturated rings. The number of ether oxygens (including phenoxy) is 2. The Kier molecular flexibility index (Phi) is 8.07. The van der Waals surface area contributed by atoms with Crippen molar-refractivity contribution in [3.05, 3.63) is 12.2 Å². The zero-order chi connectivity index (χ0) is 15.0. The number of amides is 1. The van der Waals surface area contributed by atoms with Crippen LogP contribution in [0.1, 0.15) is 41.5 Å². The number of carbonyl (C=O) groups excluding carboxylic acids is 2. The highest BCUT2D eigenvalue weighted by Crippen LogP contribution is 2.06. The van der Waals surface area contributed by atoms with Gasteiger partial charge in [0.1, 0.15) is 0 Å². The zero-order valence-electron chi connectivity index (χ0n) is 12.7. The maximum atomic E-state index is 11.9. The summed E-state index contributed by atoms with van der Waals surface area (Å²) in [4.78, 5) is 25.1. The van der Waals surface area contributed by atoms with Crippen LogP contribution < -0.4 is 0 Å². The Morgan fingerprint density at radius 1 is 1.05 bits per heavy atom. The van der Waals surface area contributed by atoms with E-state index in [4.69, 9.17) is 9.47 Å². The van der Waals surface area contributed by atoms with Crippen molar-refractivity contribution >= 4 is 11.9 Å². The van der Waals surface area contributed by atoms with Crippen LogP contribution in [0.5, 0.6) is 0 Å². The zero-order valence-corrected chi connectivity index (χ0v) is 12.7. The molecule has 0 aromatic heterocycles. The lowest BCUT2D eigenvalue weighted by Gasteiger charge is -2.29. The van der Waals surface area contributed by atoms with Gasteiger partial charge in [0.05, 0.1) is 0 Å². The number of carbonyl (C=O) groups is 2. The van der Waals surface area contributed by atoms with E-state index in [1.54, 1.807) is 11.8 Å². The summed E-state index contributed by atoms with van der Waals surface area (Å²) in [6, 6.07) is 0.158. The van der Waals surface area contributed by atoms with Gasteiger partial charge in [0.25, 0.3) is 0 Å². The quantitative estimate of drug-likeness (QED) is 0.404. The van der Waals surface area contributed by atoms with Crippen LogP contribution in [-0.4, -0.2) is 41.8 Å². The van der Waals surface area contributed by atoms with E-state index in [0.717, 1.165) is 6.08 Å². The maximum Gasteiger partial charge on any atom is 0.333 e. The van der Waals surface area contributed by atoms with E-state index in [2.05, 4.69) is 0 Å². The van der Waals surface area contributed by atoms with E-state index >= 15 is 0 Å². The van der Waals surface area contributed by atoms with E-state index in [0.29, 0.717) is 6.61 Å². The summed E-state index contributed by atoms with van der Waals surface area (Å²) in [6.45, 7) is 11.6. The molecule has 19 heavy (non-hydrogen) atoms. The summed E-state index contributed by atoms with van der Waals surface area (Å²) in [5.74, 6) is -0.784. The van der Waals surface area contributed by atoms with Crippen molar-refractivity contribution in [2.24, 2.45) is 0 Å². The highest BCUT2D eigenvalue weighted by Gasteiger charge is 2.18. The first kappa shape index (κ1) is 17.6. The van der Waals surface area contributed by atoms with Crippen LogP contribution in [0.3, 0.4) is 0 Å². The fraction of sp³-hybridized carbons (Fsp3) is 0.714. The van der Waals surface area contributed by atoms with Gasteiger partial charge in [-0.25, -0.2) is 4.79 Å². The van der Waals surface area contributed by atoms with Crippen molar-refractivity contribution in [1.82, 2.24) is 4.90 Å². The molecular formula is C14H25NO4. The third-order valence-electron chi connectivity index (χ3n) is 2.41. The minimum atomic E-state index is -0.608. The highest BCUT2D eigenvalue weighted by atomic mass is 16.7. The van der Waals surface area contributed by atoms with Crippen LogP contribution in [0.15, 0.2) is 12.2 Å². The first-order chi connectivity index (χ1) is 8.79. The topological polar surface area (TPSA) is 55.8 Å². The summed E-state index contributed by atoms with van der Waals surface area (Å²) < 4.78 is 9.99. The molecule has 0 radical (unpaired) electrons. The van der Waals surface area contributed by atoms with Crippen LogP contribution in [0.25, 0.3) is 0 Å². The Morgan fingerprint density at radius 2 is 1.58 bits per heavy atom. The highest BCUT2D eigenvalue weighted by molar-refractivity contribution is 5.94. The van der Waals surface area contributed by atoms with Crippen molar-refractivity contribution in [1.29, 1.82) is 0 Å². The van der Waals surface area contributed by atoms with Gasteiger partial charge in [-0.05, 0) is 41.5 Å². The van der Waals surface area contributed by atoms with E-state index in [1.165, 1.54) is 6.08 Å². The van der Waals surface area contributed by atoms with E-state index < -0.39 is 12.3 Å². The fourth-order valence-electron chi connectivity index (χ4n) is 1.80. The molecule has 5 heteroatoms. The number of rotatable bonds is 7. The molecule has 110 valence electrons. The predicted molar refractivity (Wildman–Crippen MR) is 73.4 cm³/mol. The van der Waals surface area contributed by atoms with Gasteiger partial charge in [0.2, 0.25) is 5.91 Å². The molecule has 0 aliphatic heterocycles. The van der Waals surface area contributed by atoms with Gasteiger partial charge in [0.15, 0.2) is 6.29 Å². The van der Waals surface area contributed by atoms with Gasteiger partial charge >= 0.3 is 5.97 Å². The van der Waals surface area contributed by atoms with Crippen molar-refractivity contribution < 1.29 is 19.1 Å². The predicted octanol–water partition coefficient (Wildman–Crippen LogP) is 2.11. The summed E-state index contributed by atoms with van der Waals surface area (Å²) in [5.41, 5.74) is 0. The molecule has 0 aromatic rings. The lowest BCUT2D eigenvalue weighted by atomic mass is 10.2. The molecule has 0 saturated heterocycles. The number of hydrogen-bond donors (Lipinski definition) is 0. The third kappa shape index (κ3) is 6.96. The SMILES string of the molecule is CCOC(C)OC(=O)/C=C\C(=O)N(C(C)C)C(C)C. The first-order valence-corrected chi connectivity index (χ1v) is 6.62. The molecule has 0 aromatic carbocycles. The Balaban J connectivity index is 4.45. The van der Waals surface area contributed by atoms with Crippen LogP contribution in [-0.2, 0) is 19.1 Å². The van der Waals surface area contributed by atoms with E-state index in [9.17, 15) is 9.59 Å². The van der Waals surface area contributed by atoms with Crippen LogP contribution in [0.2, 0.25) is 0 Å². The minimum Gasteiger partial charge on any atom is -0.433 e. The number of nitrogens with zero attached hydrogens (tertiary/aromatic N) is 1. The van der Waals surface area contributed by atoms with Crippen LogP contribution in [0.4, 0.5) is 0 Å². The molecule has 0 aliphatic carbocycles. The summed E-state index contributed by atoms with van der Waals surface area (Å²) in [6.07, 6.45) is 1.76. The second-order valence-electron chi connectivity index (χ2n) is 4.73. The lowest BCUT2D eigenvalue weighted by molar-refractivity contribution is -0.167. The van der Waals surface area contributed by atoms with Gasteiger partial charge in [0, 0.05) is 30.8 Å². The summed E-state index contributed by atoms with van der Waals surface area (Å²) in [7, 11) is 0. The second-order valence-corrected chi connectivity index (χ2v) is 4.73. The Hall–Kier alpha value is -1.36. The maximum absolute atomic E-state index is 11.9. The standard InChI is InChI=1S/C14H25NO4/c1-7-18-12(6)19-14(17)9-8-13(16)15(10(2)3)11(4)5/h8-12H,7H2,1-6H3/b9-8-. The monoisotopic (exact) mass is 271 g/mol. The molecule has 0 rings (SSSR count). The average molecular weight is 271 g/mol. The van der Waals surface area contributed by atoms with Crippen LogP contribution in [0, 0.1) is 0 Å². The molecular weight excluding hydrogens is 246 g/mol. The molecule has 0 aliphatic rings. The van der Waals surface area contributed by atoms with Crippen molar-refractivity contribution in [3.8, 4) is 0 Å². The summed E-state index contributed by atoms with van der Waals surface area (Å²) in [5, 5.41) is 0. The van der Waals surface area contributed by atoms with Gasteiger partial charge < -0.3 is 14.4 Å². The molecule has 1 amide bonds. The largest absolute Gasteiger partial charge is 0.433 e. The van der Waals surface area contributed by atoms with Gasteiger partial charge in [-0.2, -0.15) is 0 Å². The van der Waals surface area contributed by atoms with Crippen molar-refractivity contribution in [3.63, 3.8) is 0 Å². The minimum absolute atomic E-state index is 0.0792. The third-order valence-corrected chi connectivity index (χ3v) is 2.41. The lowest BCUT2D eigenvalue weighted by Crippen LogP contribution is -2.41. The van der Waals surface area contributed by atoms with Gasteiger partial charge in [-0.1, -0.05) is 0 Å². The molecule has 0 spiro atoms.